The van der Waals surface area contributed by atoms with Gasteiger partial charge >= 0.3 is 0 Å². The van der Waals surface area contributed by atoms with Crippen LogP contribution in [0.25, 0.3) is 0 Å². The number of Topliss-reactive ketones (excluding diaryl/α,β-unsaturated/α-hetero) is 1. The molecule has 5 atom stereocenters. The molecule has 0 heterocycles. The van der Waals surface area contributed by atoms with E-state index in [-0.39, 0.29) is 17.6 Å². The number of rotatable bonds is 1. The highest BCUT2D eigenvalue weighted by atomic mass is 16.3. The second-order valence-corrected chi connectivity index (χ2v) is 6.24. The average Bonchev–Trinajstić information content (AvgIpc) is 2.72. The van der Waals surface area contributed by atoms with Crippen molar-refractivity contribution in [2.45, 2.75) is 32.8 Å². The maximum Gasteiger partial charge on any atom is 0.172 e. The van der Waals surface area contributed by atoms with E-state index in [2.05, 4.69) is 32.1 Å². The molecule has 17 heavy (non-hydrogen) atoms. The van der Waals surface area contributed by atoms with Crippen LogP contribution < -0.4 is 0 Å². The molecule has 0 amide bonds. The molecule has 0 radical (unpaired) electrons. The van der Waals surface area contributed by atoms with Crippen LogP contribution in [-0.4, -0.2) is 16.5 Å². The topological polar surface area (TPSA) is 37.3 Å². The maximum absolute atomic E-state index is 12.4. The number of hydrogen-bond donors (Lipinski definition) is 1. The van der Waals surface area contributed by atoms with Crippen molar-refractivity contribution in [3.05, 3.63) is 23.8 Å². The molecular weight excluding hydrogens is 212 g/mol. The van der Waals surface area contributed by atoms with Gasteiger partial charge in [-0.15, -0.1) is 0 Å². The zero-order chi connectivity index (χ0) is 12.4. The molecule has 0 aromatic heterocycles. The first-order valence-corrected chi connectivity index (χ1v) is 6.59. The standard InChI is InChI=1S/C15H20O2/c1-8(2)11-7-12-9-5-4-6-10(9)13(11)14(16)15(12,3)17/h4,6-10,12-13,17H,5H2,1-3H3/t9-,10+,12-,13-,15+/m1/s1. The highest BCUT2D eigenvalue weighted by Crippen LogP contribution is 2.55. The van der Waals surface area contributed by atoms with Gasteiger partial charge < -0.3 is 5.11 Å². The van der Waals surface area contributed by atoms with Gasteiger partial charge in [-0.05, 0) is 31.1 Å². The van der Waals surface area contributed by atoms with Crippen molar-refractivity contribution in [3.63, 3.8) is 0 Å². The van der Waals surface area contributed by atoms with Crippen molar-refractivity contribution < 1.29 is 9.90 Å². The maximum atomic E-state index is 12.4. The Kier molecular flexibility index (Phi) is 2.19. The average molecular weight is 232 g/mol. The van der Waals surface area contributed by atoms with E-state index in [9.17, 15) is 9.90 Å². The molecule has 0 spiro atoms. The normalized spacial score (nSPS) is 47.6. The van der Waals surface area contributed by atoms with Gasteiger partial charge in [0.2, 0.25) is 0 Å². The summed E-state index contributed by atoms with van der Waals surface area (Å²) in [5.74, 6) is 1.17. The number of fused-ring (bicyclic) bond motifs is 1. The van der Waals surface area contributed by atoms with Gasteiger partial charge in [0.25, 0.3) is 0 Å². The Hall–Kier alpha value is -0.890. The van der Waals surface area contributed by atoms with Gasteiger partial charge in [-0.3, -0.25) is 4.79 Å². The van der Waals surface area contributed by atoms with E-state index >= 15 is 0 Å². The zero-order valence-electron chi connectivity index (χ0n) is 10.7. The first-order chi connectivity index (χ1) is 7.94. The van der Waals surface area contributed by atoms with E-state index in [4.69, 9.17) is 0 Å². The zero-order valence-corrected chi connectivity index (χ0v) is 10.7. The molecule has 0 aromatic rings. The minimum atomic E-state index is -1.14. The summed E-state index contributed by atoms with van der Waals surface area (Å²) in [6.45, 7) is 5.99. The fourth-order valence-electron chi connectivity index (χ4n) is 4.03. The molecule has 1 fully saturated rings. The first kappa shape index (κ1) is 11.2. The molecule has 4 rings (SSSR count). The van der Waals surface area contributed by atoms with Crippen LogP contribution in [0, 0.1) is 29.6 Å². The number of hydrogen-bond acceptors (Lipinski definition) is 2. The van der Waals surface area contributed by atoms with E-state index in [1.165, 1.54) is 5.57 Å². The van der Waals surface area contributed by atoms with E-state index < -0.39 is 5.60 Å². The summed E-state index contributed by atoms with van der Waals surface area (Å²) in [7, 11) is 0. The Bertz CT molecular complexity index is 428. The third-order valence-corrected chi connectivity index (χ3v) is 4.94. The molecule has 1 saturated carbocycles. The Morgan fingerprint density at radius 3 is 2.82 bits per heavy atom. The lowest BCUT2D eigenvalue weighted by molar-refractivity contribution is -0.156. The van der Waals surface area contributed by atoms with Crippen LogP contribution in [0.1, 0.15) is 27.2 Å². The number of ketones is 1. The Balaban J connectivity index is 2.13. The van der Waals surface area contributed by atoms with Crippen molar-refractivity contribution >= 4 is 5.78 Å². The van der Waals surface area contributed by atoms with Gasteiger partial charge in [-0.25, -0.2) is 0 Å². The molecule has 4 aliphatic carbocycles. The van der Waals surface area contributed by atoms with Gasteiger partial charge in [0.15, 0.2) is 5.78 Å². The second kappa shape index (κ2) is 3.32. The summed E-state index contributed by atoms with van der Waals surface area (Å²) in [6.07, 6.45) is 7.59. The van der Waals surface area contributed by atoms with Crippen LogP contribution in [0.15, 0.2) is 23.8 Å². The van der Waals surface area contributed by atoms with E-state index in [1.54, 1.807) is 6.92 Å². The number of allylic oxidation sites excluding steroid dienone is 3. The summed E-state index contributed by atoms with van der Waals surface area (Å²) in [5, 5.41) is 10.5. The molecule has 0 aromatic carbocycles. The Morgan fingerprint density at radius 1 is 1.47 bits per heavy atom. The minimum Gasteiger partial charge on any atom is -0.382 e. The SMILES string of the molecule is CC(C)C1=C[C@@H]2[C@@H]3CC=C[C@@H]3[C@H]1C(=O)[C@@]2(C)O. The lowest BCUT2D eigenvalue weighted by Crippen LogP contribution is -2.59. The second-order valence-electron chi connectivity index (χ2n) is 6.24. The predicted octanol–water partition coefficient (Wildman–Crippen LogP) is 2.34. The summed E-state index contributed by atoms with van der Waals surface area (Å²) in [5.41, 5.74) is 0.107. The van der Waals surface area contributed by atoms with Crippen molar-refractivity contribution in [1.82, 2.24) is 0 Å². The molecule has 0 unspecified atom stereocenters. The van der Waals surface area contributed by atoms with Crippen LogP contribution in [0.4, 0.5) is 0 Å². The fourth-order valence-corrected chi connectivity index (χ4v) is 4.03. The number of carbonyl (C=O) groups excluding carboxylic acids is 1. The largest absolute Gasteiger partial charge is 0.382 e. The Labute approximate surface area is 102 Å². The Morgan fingerprint density at radius 2 is 2.18 bits per heavy atom. The quantitative estimate of drug-likeness (QED) is 0.705. The van der Waals surface area contributed by atoms with Crippen molar-refractivity contribution in [1.29, 1.82) is 0 Å². The smallest absolute Gasteiger partial charge is 0.172 e. The highest BCUT2D eigenvalue weighted by molar-refractivity contribution is 5.94. The van der Waals surface area contributed by atoms with Crippen LogP contribution in [-0.2, 0) is 4.79 Å². The van der Waals surface area contributed by atoms with Gasteiger partial charge in [0, 0.05) is 11.8 Å². The monoisotopic (exact) mass is 232 g/mol. The molecule has 92 valence electrons. The molecule has 2 heteroatoms. The summed E-state index contributed by atoms with van der Waals surface area (Å²) < 4.78 is 0. The lowest BCUT2D eigenvalue weighted by Gasteiger charge is -2.52. The number of aliphatic hydroxyl groups is 1. The van der Waals surface area contributed by atoms with Crippen LogP contribution in [0.3, 0.4) is 0 Å². The van der Waals surface area contributed by atoms with Crippen LogP contribution in [0.2, 0.25) is 0 Å². The first-order valence-electron chi connectivity index (χ1n) is 6.59. The molecule has 1 N–H and O–H groups in total. The highest BCUT2D eigenvalue weighted by Gasteiger charge is 2.59. The fraction of sp³-hybridized carbons (Fsp3) is 0.667. The minimum absolute atomic E-state index is 0.0115. The van der Waals surface area contributed by atoms with Gasteiger partial charge in [-0.2, -0.15) is 0 Å². The van der Waals surface area contributed by atoms with Gasteiger partial charge in [-0.1, -0.05) is 37.6 Å². The van der Waals surface area contributed by atoms with Crippen LogP contribution in [0.5, 0.6) is 0 Å². The van der Waals surface area contributed by atoms with Crippen molar-refractivity contribution in [3.8, 4) is 0 Å². The molecule has 0 aliphatic heterocycles. The van der Waals surface area contributed by atoms with Gasteiger partial charge in [0.05, 0.1) is 0 Å². The van der Waals surface area contributed by atoms with Crippen molar-refractivity contribution in [2.24, 2.45) is 29.6 Å². The number of carbonyl (C=O) groups is 1. The van der Waals surface area contributed by atoms with E-state index in [0.717, 1.165) is 6.42 Å². The molecule has 4 aliphatic rings. The summed E-state index contributed by atoms with van der Waals surface area (Å²) in [6, 6.07) is 0. The van der Waals surface area contributed by atoms with E-state index in [0.29, 0.717) is 17.8 Å². The van der Waals surface area contributed by atoms with Crippen molar-refractivity contribution in [2.75, 3.05) is 0 Å². The molecule has 2 bridgehead atoms. The third kappa shape index (κ3) is 1.28. The molecular formula is C15H20O2. The lowest BCUT2D eigenvalue weighted by atomic mass is 9.53. The molecule has 0 saturated heterocycles. The third-order valence-electron chi connectivity index (χ3n) is 4.94. The predicted molar refractivity (Wildman–Crippen MR) is 66.3 cm³/mol. The summed E-state index contributed by atoms with van der Waals surface area (Å²) in [4.78, 5) is 12.4. The summed E-state index contributed by atoms with van der Waals surface area (Å²) >= 11 is 0. The molecule has 2 nitrogen and oxygen atoms in total. The van der Waals surface area contributed by atoms with E-state index in [1.807, 2.05) is 0 Å². The van der Waals surface area contributed by atoms with Crippen LogP contribution >= 0.6 is 0 Å². The van der Waals surface area contributed by atoms with Gasteiger partial charge in [0.1, 0.15) is 5.60 Å².